The highest BCUT2D eigenvalue weighted by Crippen LogP contribution is 2.33. The van der Waals surface area contributed by atoms with Gasteiger partial charge in [0, 0.05) is 25.2 Å². The fourth-order valence-corrected chi connectivity index (χ4v) is 4.16. The Hall–Kier alpha value is -2.89. The number of hydrogen-bond acceptors (Lipinski definition) is 5. The van der Waals surface area contributed by atoms with Crippen molar-refractivity contribution in [3.8, 4) is 17.2 Å². The third-order valence-corrected chi connectivity index (χ3v) is 6.12. The van der Waals surface area contributed by atoms with Gasteiger partial charge in [-0.2, -0.15) is 0 Å². The van der Waals surface area contributed by atoms with Crippen LogP contribution in [-0.4, -0.2) is 49.3 Å². The summed E-state index contributed by atoms with van der Waals surface area (Å²) in [7, 11) is 0. The van der Waals surface area contributed by atoms with Crippen LogP contribution in [0.1, 0.15) is 26.3 Å². The molecule has 1 aliphatic heterocycles. The molecule has 1 aliphatic rings. The first-order valence-electron chi connectivity index (χ1n) is 11.3. The Bertz CT molecular complexity index is 1230. The van der Waals surface area contributed by atoms with Gasteiger partial charge in [-0.15, -0.1) is 0 Å². The van der Waals surface area contributed by atoms with E-state index in [1.165, 1.54) is 5.56 Å². The molecule has 0 bridgehead atoms. The molecule has 1 saturated heterocycles. The monoisotopic (exact) mass is 430 g/mol. The van der Waals surface area contributed by atoms with E-state index in [1.54, 1.807) is 0 Å². The van der Waals surface area contributed by atoms with Crippen molar-refractivity contribution in [1.29, 1.82) is 0 Å². The van der Waals surface area contributed by atoms with Gasteiger partial charge in [-0.3, -0.25) is 4.90 Å². The number of hydrogen-bond donors (Lipinski definition) is 0. The molecule has 166 valence electrons. The van der Waals surface area contributed by atoms with Crippen LogP contribution in [0.2, 0.25) is 0 Å². The quantitative estimate of drug-likeness (QED) is 0.409. The van der Waals surface area contributed by atoms with E-state index in [9.17, 15) is 0 Å². The summed E-state index contributed by atoms with van der Waals surface area (Å²) < 4.78 is 17.6. The molecule has 0 saturated carbocycles. The smallest absolute Gasteiger partial charge is 0.227 e. The van der Waals surface area contributed by atoms with Gasteiger partial charge in [0.05, 0.1) is 13.2 Å². The number of nitrogens with zero attached hydrogens (tertiary/aromatic N) is 2. The van der Waals surface area contributed by atoms with Crippen molar-refractivity contribution in [2.24, 2.45) is 0 Å². The fraction of sp³-hybridized carbons (Fsp3) is 0.370. The summed E-state index contributed by atoms with van der Waals surface area (Å²) in [4.78, 5) is 7.19. The predicted octanol–water partition coefficient (Wildman–Crippen LogP) is 5.66. The normalized spacial score (nSPS) is 15.5. The average molecular weight is 431 g/mol. The van der Waals surface area contributed by atoms with Crippen LogP contribution in [0.15, 0.2) is 59.0 Å². The van der Waals surface area contributed by atoms with E-state index in [1.807, 2.05) is 18.2 Å². The highest BCUT2D eigenvalue weighted by atomic mass is 16.5. The Morgan fingerprint density at radius 1 is 1.00 bits per heavy atom. The highest BCUT2D eigenvalue weighted by Gasteiger charge is 2.17. The van der Waals surface area contributed by atoms with Gasteiger partial charge in [0.2, 0.25) is 5.89 Å². The molecule has 0 amide bonds. The van der Waals surface area contributed by atoms with Crippen LogP contribution < -0.4 is 4.74 Å². The molecule has 0 atom stereocenters. The van der Waals surface area contributed by atoms with Crippen LogP contribution in [-0.2, 0) is 10.2 Å². The first kappa shape index (κ1) is 21.0. The Balaban J connectivity index is 1.38. The van der Waals surface area contributed by atoms with Crippen molar-refractivity contribution in [2.45, 2.75) is 26.2 Å². The van der Waals surface area contributed by atoms with Crippen LogP contribution in [0.5, 0.6) is 5.75 Å². The lowest BCUT2D eigenvalue weighted by Crippen LogP contribution is -2.38. The first-order chi connectivity index (χ1) is 15.5. The molecular formula is C27H30N2O3. The van der Waals surface area contributed by atoms with Crippen LogP contribution in [0.3, 0.4) is 0 Å². The Kier molecular flexibility index (Phi) is 5.62. The molecule has 0 spiro atoms. The molecule has 32 heavy (non-hydrogen) atoms. The van der Waals surface area contributed by atoms with Crippen LogP contribution in [0.4, 0.5) is 0 Å². The second kappa shape index (κ2) is 8.57. The Morgan fingerprint density at radius 3 is 2.66 bits per heavy atom. The van der Waals surface area contributed by atoms with Crippen LogP contribution in [0, 0.1) is 0 Å². The van der Waals surface area contributed by atoms with Crippen molar-refractivity contribution in [3.05, 3.63) is 60.2 Å². The molecule has 0 radical (unpaired) electrons. The second-order valence-electron chi connectivity index (χ2n) is 9.44. The molecule has 5 rings (SSSR count). The van der Waals surface area contributed by atoms with E-state index in [4.69, 9.17) is 18.9 Å². The number of ether oxygens (including phenoxy) is 2. The summed E-state index contributed by atoms with van der Waals surface area (Å²) in [5, 5.41) is 2.22. The van der Waals surface area contributed by atoms with Crippen LogP contribution in [0.25, 0.3) is 33.3 Å². The topological polar surface area (TPSA) is 47.7 Å². The molecule has 5 nitrogen and oxygen atoms in total. The average Bonchev–Trinajstić information content (AvgIpc) is 3.22. The highest BCUT2D eigenvalue weighted by molar-refractivity contribution is 5.96. The maximum absolute atomic E-state index is 6.13. The molecule has 0 N–H and O–H groups in total. The minimum Gasteiger partial charge on any atom is -0.492 e. The summed E-state index contributed by atoms with van der Waals surface area (Å²) in [5.41, 5.74) is 4.03. The molecule has 1 aromatic heterocycles. The standard InChI is InChI=1S/C27H30N2O3/c1-27(2,3)20-7-10-25-24(18-20)28-26(32-25)23-6-4-5-19-17-21(8-9-22(19)23)31-16-13-29-11-14-30-15-12-29/h4-10,17-18H,11-16H2,1-3H3. The number of benzene rings is 3. The third-order valence-electron chi connectivity index (χ3n) is 6.12. The lowest BCUT2D eigenvalue weighted by molar-refractivity contribution is 0.0322. The van der Waals surface area contributed by atoms with E-state index in [-0.39, 0.29) is 5.41 Å². The maximum atomic E-state index is 6.13. The SMILES string of the molecule is CC(C)(C)c1ccc2oc(-c3cccc4cc(OCCN5CCOCC5)ccc34)nc2c1. The van der Waals surface area contributed by atoms with E-state index >= 15 is 0 Å². The van der Waals surface area contributed by atoms with Gasteiger partial charge in [-0.25, -0.2) is 4.98 Å². The summed E-state index contributed by atoms with van der Waals surface area (Å²) in [6.45, 7) is 11.8. The molecule has 0 unspecified atom stereocenters. The summed E-state index contributed by atoms with van der Waals surface area (Å²) >= 11 is 0. The molecule has 0 aliphatic carbocycles. The number of aromatic nitrogens is 1. The molecule has 5 heteroatoms. The summed E-state index contributed by atoms with van der Waals surface area (Å²) in [6, 6.07) is 18.7. The maximum Gasteiger partial charge on any atom is 0.227 e. The van der Waals surface area contributed by atoms with Crippen molar-refractivity contribution in [1.82, 2.24) is 9.88 Å². The van der Waals surface area contributed by atoms with Crippen molar-refractivity contribution >= 4 is 21.9 Å². The van der Waals surface area contributed by atoms with Crippen molar-refractivity contribution < 1.29 is 13.9 Å². The molecule has 1 fully saturated rings. The number of rotatable bonds is 5. The van der Waals surface area contributed by atoms with E-state index in [0.29, 0.717) is 12.5 Å². The molecule has 3 aromatic carbocycles. The zero-order valence-electron chi connectivity index (χ0n) is 19.1. The van der Waals surface area contributed by atoms with Crippen molar-refractivity contribution in [2.75, 3.05) is 39.5 Å². The minimum atomic E-state index is 0.0743. The zero-order valence-corrected chi connectivity index (χ0v) is 19.1. The lowest BCUT2D eigenvalue weighted by Gasteiger charge is -2.26. The number of oxazole rings is 1. The van der Waals surface area contributed by atoms with Gasteiger partial charge in [0.25, 0.3) is 0 Å². The van der Waals surface area contributed by atoms with E-state index in [0.717, 1.165) is 66.0 Å². The van der Waals surface area contributed by atoms with Crippen LogP contribution >= 0.6 is 0 Å². The summed E-state index contributed by atoms with van der Waals surface area (Å²) in [5.74, 6) is 1.54. The predicted molar refractivity (Wildman–Crippen MR) is 128 cm³/mol. The van der Waals surface area contributed by atoms with Gasteiger partial charge >= 0.3 is 0 Å². The first-order valence-corrected chi connectivity index (χ1v) is 11.3. The molecule has 4 aromatic rings. The van der Waals surface area contributed by atoms with E-state index < -0.39 is 0 Å². The fourth-order valence-electron chi connectivity index (χ4n) is 4.16. The molecular weight excluding hydrogens is 400 g/mol. The van der Waals surface area contributed by atoms with Gasteiger partial charge < -0.3 is 13.9 Å². The Morgan fingerprint density at radius 2 is 1.84 bits per heavy atom. The van der Waals surface area contributed by atoms with Gasteiger partial charge in [-0.05, 0) is 58.1 Å². The Labute approximate surface area is 188 Å². The third kappa shape index (κ3) is 4.36. The molecule has 2 heterocycles. The van der Waals surface area contributed by atoms with Crippen molar-refractivity contribution in [3.63, 3.8) is 0 Å². The minimum absolute atomic E-state index is 0.0743. The second-order valence-corrected chi connectivity index (χ2v) is 9.44. The lowest BCUT2D eigenvalue weighted by atomic mass is 9.87. The largest absolute Gasteiger partial charge is 0.492 e. The number of morpholine rings is 1. The zero-order chi connectivity index (χ0) is 22.1. The van der Waals surface area contributed by atoms with Gasteiger partial charge in [0.1, 0.15) is 17.9 Å². The van der Waals surface area contributed by atoms with Gasteiger partial charge in [-0.1, -0.05) is 39.0 Å². The van der Waals surface area contributed by atoms with Gasteiger partial charge in [0.15, 0.2) is 5.58 Å². The summed E-state index contributed by atoms with van der Waals surface area (Å²) in [6.07, 6.45) is 0. The number of fused-ring (bicyclic) bond motifs is 2. The van der Waals surface area contributed by atoms with E-state index in [2.05, 4.69) is 62.1 Å².